The predicted octanol–water partition coefficient (Wildman–Crippen LogP) is 2.74. The molecule has 0 aromatic rings. The van der Waals surface area contributed by atoms with Gasteiger partial charge in [0.05, 0.1) is 0 Å². The molecule has 2 aliphatic carbocycles. The fourth-order valence-electron chi connectivity index (χ4n) is 2.72. The Kier molecular flexibility index (Phi) is 3.63. The van der Waals surface area contributed by atoms with Gasteiger partial charge in [-0.25, -0.2) is 0 Å². The summed E-state index contributed by atoms with van der Waals surface area (Å²) in [5.41, 5.74) is 0.775. The molecule has 0 spiro atoms. The van der Waals surface area contributed by atoms with Gasteiger partial charge in [0.2, 0.25) is 0 Å². The Hall–Kier alpha value is 0.137. The maximum absolute atomic E-state index is 5.55. The lowest BCUT2D eigenvalue weighted by Crippen LogP contribution is -2.40. The minimum Gasteiger partial charge on any atom is -0.397 e. The summed E-state index contributed by atoms with van der Waals surface area (Å²) in [6.07, 6.45) is 8.53. The zero-order chi connectivity index (χ0) is 9.97. The van der Waals surface area contributed by atoms with Crippen molar-refractivity contribution in [2.75, 3.05) is 14.2 Å². The molecule has 0 unspecified atom stereocenters. The summed E-state index contributed by atoms with van der Waals surface area (Å²) in [7, 11) is 2.66. The molecule has 81 valence electrons. The van der Waals surface area contributed by atoms with Gasteiger partial charge >= 0.3 is 9.28 Å². The molecule has 2 aliphatic rings. The highest BCUT2D eigenvalue weighted by Crippen LogP contribution is 2.49. The molecule has 2 rings (SSSR count). The van der Waals surface area contributed by atoms with Crippen molar-refractivity contribution < 1.29 is 8.85 Å². The molecule has 0 aliphatic heterocycles. The Morgan fingerprint density at radius 1 is 0.929 bits per heavy atom. The van der Waals surface area contributed by atoms with Crippen LogP contribution >= 0.6 is 0 Å². The fourth-order valence-corrected chi connectivity index (χ4v) is 4.87. The molecule has 0 amide bonds. The number of hydrogen-bond acceptors (Lipinski definition) is 2. The lowest BCUT2D eigenvalue weighted by molar-refractivity contribution is 0.143. The molecule has 14 heavy (non-hydrogen) atoms. The standard InChI is InChI=1S/C11H21O2Si/c1-12-14(13-2)11(9-5-3-6-9)10-7-4-8-10/h9-11H,3-8H2,1-2H3. The predicted molar refractivity (Wildman–Crippen MR) is 58.2 cm³/mol. The maximum atomic E-state index is 5.55. The highest BCUT2D eigenvalue weighted by molar-refractivity contribution is 6.46. The van der Waals surface area contributed by atoms with Crippen LogP contribution in [0.3, 0.4) is 0 Å². The van der Waals surface area contributed by atoms with Gasteiger partial charge in [-0.15, -0.1) is 0 Å². The average Bonchev–Trinajstić information content (AvgIpc) is 2.00. The lowest BCUT2D eigenvalue weighted by atomic mass is 9.72. The van der Waals surface area contributed by atoms with E-state index in [9.17, 15) is 0 Å². The van der Waals surface area contributed by atoms with E-state index in [1.807, 2.05) is 14.2 Å². The van der Waals surface area contributed by atoms with E-state index in [1.165, 1.54) is 38.5 Å². The molecule has 2 nitrogen and oxygen atoms in total. The molecule has 0 heterocycles. The van der Waals surface area contributed by atoms with Crippen molar-refractivity contribution in [3.05, 3.63) is 0 Å². The average molecular weight is 213 g/mol. The second kappa shape index (κ2) is 4.77. The van der Waals surface area contributed by atoms with E-state index in [4.69, 9.17) is 8.85 Å². The van der Waals surface area contributed by atoms with Crippen LogP contribution in [0.15, 0.2) is 0 Å². The largest absolute Gasteiger partial charge is 0.397 e. The van der Waals surface area contributed by atoms with E-state index in [0.717, 1.165) is 17.4 Å². The first kappa shape index (κ1) is 10.6. The Balaban J connectivity index is 1.95. The van der Waals surface area contributed by atoms with Gasteiger partial charge in [0.15, 0.2) is 0 Å². The van der Waals surface area contributed by atoms with Gasteiger partial charge in [-0.2, -0.15) is 0 Å². The molecule has 2 fully saturated rings. The quantitative estimate of drug-likeness (QED) is 0.654. The van der Waals surface area contributed by atoms with Crippen LogP contribution in [-0.4, -0.2) is 23.5 Å². The van der Waals surface area contributed by atoms with Gasteiger partial charge in [0, 0.05) is 19.8 Å². The summed E-state index contributed by atoms with van der Waals surface area (Å²) in [5.74, 6) is 1.85. The van der Waals surface area contributed by atoms with Crippen LogP contribution < -0.4 is 0 Å². The lowest BCUT2D eigenvalue weighted by Gasteiger charge is -2.43. The van der Waals surface area contributed by atoms with Gasteiger partial charge in [-0.1, -0.05) is 38.5 Å². The minimum atomic E-state index is -0.982. The Morgan fingerprint density at radius 2 is 1.36 bits per heavy atom. The van der Waals surface area contributed by atoms with Crippen molar-refractivity contribution in [3.63, 3.8) is 0 Å². The fraction of sp³-hybridized carbons (Fsp3) is 1.00. The van der Waals surface area contributed by atoms with Crippen LogP contribution in [0, 0.1) is 11.8 Å². The highest BCUT2D eigenvalue weighted by atomic mass is 28.3. The molecule has 0 aromatic heterocycles. The number of rotatable bonds is 5. The molecule has 0 aromatic carbocycles. The first-order valence-corrected chi connectivity index (χ1v) is 7.21. The van der Waals surface area contributed by atoms with Crippen LogP contribution in [0.1, 0.15) is 38.5 Å². The van der Waals surface area contributed by atoms with E-state index in [1.54, 1.807) is 0 Å². The second-order valence-electron chi connectivity index (χ2n) is 4.64. The van der Waals surface area contributed by atoms with Crippen molar-refractivity contribution in [2.24, 2.45) is 11.8 Å². The van der Waals surface area contributed by atoms with Crippen LogP contribution in [0.25, 0.3) is 0 Å². The molecule has 0 bridgehead atoms. The summed E-state index contributed by atoms with van der Waals surface area (Å²) < 4.78 is 11.1. The van der Waals surface area contributed by atoms with Gasteiger partial charge < -0.3 is 8.85 Å². The molecular formula is C11H21O2Si. The summed E-state index contributed by atoms with van der Waals surface area (Å²) >= 11 is 0. The summed E-state index contributed by atoms with van der Waals surface area (Å²) in [5, 5.41) is 0. The SMILES string of the molecule is CO[Si](OC)C(C1CCC1)C1CCC1. The normalized spacial score (nSPS) is 24.0. The van der Waals surface area contributed by atoms with Gasteiger partial charge in [0.25, 0.3) is 0 Å². The molecule has 1 radical (unpaired) electrons. The minimum absolute atomic E-state index is 0.775. The summed E-state index contributed by atoms with van der Waals surface area (Å²) in [4.78, 5) is 0. The van der Waals surface area contributed by atoms with Crippen LogP contribution in [0.5, 0.6) is 0 Å². The van der Waals surface area contributed by atoms with Crippen LogP contribution in [0.2, 0.25) is 5.54 Å². The Bertz CT molecular complexity index is 160. The molecule has 0 N–H and O–H groups in total. The third-order valence-corrected chi connectivity index (χ3v) is 6.28. The van der Waals surface area contributed by atoms with E-state index in [-0.39, 0.29) is 0 Å². The van der Waals surface area contributed by atoms with Crippen molar-refractivity contribution in [2.45, 2.75) is 44.1 Å². The van der Waals surface area contributed by atoms with Gasteiger partial charge in [0.1, 0.15) is 0 Å². The zero-order valence-electron chi connectivity index (χ0n) is 9.29. The highest BCUT2D eigenvalue weighted by Gasteiger charge is 2.43. The first-order chi connectivity index (χ1) is 6.86. The monoisotopic (exact) mass is 213 g/mol. The van der Waals surface area contributed by atoms with Crippen molar-refractivity contribution in [3.8, 4) is 0 Å². The third-order valence-electron chi connectivity index (χ3n) is 3.99. The van der Waals surface area contributed by atoms with Crippen molar-refractivity contribution in [1.82, 2.24) is 0 Å². The van der Waals surface area contributed by atoms with Crippen molar-refractivity contribution >= 4 is 9.28 Å². The van der Waals surface area contributed by atoms with E-state index < -0.39 is 9.28 Å². The van der Waals surface area contributed by atoms with E-state index in [2.05, 4.69) is 0 Å². The van der Waals surface area contributed by atoms with Crippen molar-refractivity contribution in [1.29, 1.82) is 0 Å². The maximum Gasteiger partial charge on any atom is 0.388 e. The van der Waals surface area contributed by atoms with E-state index in [0.29, 0.717) is 0 Å². The van der Waals surface area contributed by atoms with E-state index >= 15 is 0 Å². The molecule has 0 atom stereocenters. The zero-order valence-corrected chi connectivity index (χ0v) is 10.3. The first-order valence-electron chi connectivity index (χ1n) is 5.81. The molecule has 3 heteroatoms. The van der Waals surface area contributed by atoms with Crippen LogP contribution in [-0.2, 0) is 8.85 Å². The number of hydrogen-bond donors (Lipinski definition) is 0. The molecule has 0 saturated heterocycles. The van der Waals surface area contributed by atoms with Gasteiger partial charge in [-0.05, 0) is 11.8 Å². The van der Waals surface area contributed by atoms with Crippen LogP contribution in [0.4, 0.5) is 0 Å². The molecular weight excluding hydrogens is 192 g/mol. The Morgan fingerprint density at radius 3 is 1.57 bits per heavy atom. The van der Waals surface area contributed by atoms with Gasteiger partial charge in [-0.3, -0.25) is 0 Å². The molecule has 2 saturated carbocycles. The second-order valence-corrected chi connectivity index (χ2v) is 6.76. The summed E-state index contributed by atoms with van der Waals surface area (Å²) in [6, 6.07) is 0. The third kappa shape index (κ3) is 1.90. The smallest absolute Gasteiger partial charge is 0.388 e. The summed E-state index contributed by atoms with van der Waals surface area (Å²) in [6.45, 7) is 0. The Labute approximate surface area is 88.8 Å². The topological polar surface area (TPSA) is 18.5 Å².